The van der Waals surface area contributed by atoms with Gasteiger partial charge in [0.05, 0.1) is 5.75 Å². The van der Waals surface area contributed by atoms with Crippen LogP contribution >= 0.6 is 11.8 Å². The van der Waals surface area contributed by atoms with Crippen molar-refractivity contribution in [2.24, 2.45) is 4.99 Å². The highest BCUT2D eigenvalue weighted by Gasteiger charge is 2.09. The number of hydrogen-bond acceptors (Lipinski definition) is 4. The number of aliphatic imine (C=N–C) groups is 1. The summed E-state index contributed by atoms with van der Waals surface area (Å²) in [7, 11) is -2.92. The van der Waals surface area contributed by atoms with Crippen molar-refractivity contribution < 1.29 is 8.42 Å². The minimum atomic E-state index is -2.92. The van der Waals surface area contributed by atoms with Crippen LogP contribution in [0, 0.1) is 0 Å². The molecule has 0 amide bonds. The molecule has 2 N–H and O–H groups in total. The molecule has 136 valence electrons. The lowest BCUT2D eigenvalue weighted by molar-refractivity contribution is 0.581. The first-order chi connectivity index (χ1) is 11.4. The van der Waals surface area contributed by atoms with Crippen LogP contribution < -0.4 is 10.6 Å². The van der Waals surface area contributed by atoms with Crippen molar-refractivity contribution in [1.82, 2.24) is 10.6 Å². The second-order valence-corrected chi connectivity index (χ2v) is 9.17. The zero-order valence-corrected chi connectivity index (χ0v) is 16.4. The van der Waals surface area contributed by atoms with Crippen molar-refractivity contribution in [3.63, 3.8) is 0 Å². The summed E-state index contributed by atoms with van der Waals surface area (Å²) in [6.07, 6.45) is 2.84. The Labute approximate surface area is 150 Å². The van der Waals surface area contributed by atoms with Crippen LogP contribution in [0.3, 0.4) is 0 Å². The van der Waals surface area contributed by atoms with Crippen molar-refractivity contribution in [2.45, 2.75) is 37.6 Å². The predicted octanol–water partition coefficient (Wildman–Crippen LogP) is 2.55. The molecule has 0 saturated carbocycles. The van der Waals surface area contributed by atoms with Crippen LogP contribution in [0.1, 0.15) is 26.7 Å². The highest BCUT2D eigenvalue weighted by Crippen LogP contribution is 2.17. The van der Waals surface area contributed by atoms with Crippen molar-refractivity contribution in [2.75, 3.05) is 30.9 Å². The summed E-state index contributed by atoms with van der Waals surface area (Å²) in [4.78, 5) is 5.84. The Hall–Kier alpha value is -1.21. The molecule has 1 aromatic rings. The number of nitrogens with zero attached hydrogens (tertiary/aromatic N) is 1. The minimum absolute atomic E-state index is 0.0659. The number of benzene rings is 1. The van der Waals surface area contributed by atoms with E-state index in [1.807, 2.05) is 43.8 Å². The molecule has 5 nitrogen and oxygen atoms in total. The lowest BCUT2D eigenvalue weighted by atomic mass is 10.3. The largest absolute Gasteiger partial charge is 0.357 e. The average molecular weight is 372 g/mol. The molecule has 24 heavy (non-hydrogen) atoms. The van der Waals surface area contributed by atoms with Gasteiger partial charge >= 0.3 is 0 Å². The standard InChI is InChI=1S/C17H29N3O2S2/c1-4-18-17(20-15(2)11-14-24(3,21)22)19-12-8-13-23-16-9-6-5-7-10-16/h5-7,9-10,15H,4,8,11-14H2,1-3H3,(H2,18,19,20). The fourth-order valence-electron chi connectivity index (χ4n) is 1.98. The van der Waals surface area contributed by atoms with Gasteiger partial charge < -0.3 is 10.6 Å². The molecule has 0 aromatic heterocycles. The monoisotopic (exact) mass is 371 g/mol. The van der Waals surface area contributed by atoms with Crippen molar-refractivity contribution in [3.8, 4) is 0 Å². The molecule has 0 spiro atoms. The number of rotatable bonds is 10. The molecule has 0 bridgehead atoms. The van der Waals surface area contributed by atoms with Gasteiger partial charge in [-0.1, -0.05) is 18.2 Å². The molecule has 1 atom stereocenters. The van der Waals surface area contributed by atoms with Gasteiger partial charge in [-0.15, -0.1) is 11.8 Å². The topological polar surface area (TPSA) is 70.6 Å². The number of thioether (sulfide) groups is 1. The lowest BCUT2D eigenvalue weighted by Crippen LogP contribution is -2.42. The van der Waals surface area contributed by atoms with Crippen LogP contribution in [0.5, 0.6) is 0 Å². The maximum Gasteiger partial charge on any atom is 0.191 e. The number of sulfone groups is 1. The fourth-order valence-corrected chi connectivity index (χ4v) is 3.62. The third-order valence-corrected chi connectivity index (χ3v) is 5.31. The molecule has 0 aliphatic heterocycles. The van der Waals surface area contributed by atoms with Crippen molar-refractivity contribution in [3.05, 3.63) is 30.3 Å². The van der Waals surface area contributed by atoms with Crippen LogP contribution in [-0.4, -0.2) is 51.3 Å². The first-order valence-corrected chi connectivity index (χ1v) is 11.4. The molecule has 0 aliphatic rings. The fraction of sp³-hybridized carbons (Fsp3) is 0.588. The van der Waals surface area contributed by atoms with Crippen LogP contribution in [0.15, 0.2) is 40.2 Å². The van der Waals surface area contributed by atoms with E-state index in [1.54, 1.807) is 0 Å². The second kappa shape index (κ2) is 11.4. The molecule has 0 saturated heterocycles. The van der Waals surface area contributed by atoms with Gasteiger partial charge in [-0.3, -0.25) is 4.99 Å². The molecule has 7 heteroatoms. The van der Waals surface area contributed by atoms with E-state index in [0.717, 1.165) is 31.2 Å². The molecule has 1 aromatic carbocycles. The molecule has 0 heterocycles. The quantitative estimate of drug-likeness (QED) is 0.286. The van der Waals surface area contributed by atoms with Gasteiger partial charge in [-0.25, -0.2) is 8.42 Å². The molecular weight excluding hydrogens is 342 g/mol. The highest BCUT2D eigenvalue weighted by atomic mass is 32.2. The average Bonchev–Trinajstić information content (AvgIpc) is 2.53. The zero-order valence-electron chi connectivity index (χ0n) is 14.8. The Kier molecular flexibility index (Phi) is 9.86. The Morgan fingerprint density at radius 2 is 2.00 bits per heavy atom. The molecule has 1 unspecified atom stereocenters. The Balaban J connectivity index is 2.33. The van der Waals surface area contributed by atoms with Crippen LogP contribution in [-0.2, 0) is 9.84 Å². The first-order valence-electron chi connectivity index (χ1n) is 8.31. The lowest BCUT2D eigenvalue weighted by Gasteiger charge is -2.17. The molecule has 0 radical (unpaired) electrons. The smallest absolute Gasteiger partial charge is 0.191 e. The summed E-state index contributed by atoms with van der Waals surface area (Å²) in [5.74, 6) is 1.97. The van der Waals surface area contributed by atoms with Gasteiger partial charge in [0.15, 0.2) is 5.96 Å². The van der Waals surface area contributed by atoms with E-state index in [1.165, 1.54) is 11.2 Å². The summed E-state index contributed by atoms with van der Waals surface area (Å²) in [6, 6.07) is 10.4. The van der Waals surface area contributed by atoms with Crippen molar-refractivity contribution in [1.29, 1.82) is 0 Å². The van der Waals surface area contributed by atoms with Gasteiger partial charge in [0.1, 0.15) is 9.84 Å². The van der Waals surface area contributed by atoms with E-state index in [0.29, 0.717) is 6.42 Å². The Bertz CT molecular complexity index is 589. The van der Waals surface area contributed by atoms with E-state index in [4.69, 9.17) is 0 Å². The third-order valence-electron chi connectivity index (χ3n) is 3.23. The SMILES string of the molecule is CCNC(=NCCCSc1ccccc1)NC(C)CCS(C)(=O)=O. The zero-order chi connectivity index (χ0) is 17.8. The summed E-state index contributed by atoms with van der Waals surface area (Å²) >= 11 is 1.83. The molecule has 0 fully saturated rings. The summed E-state index contributed by atoms with van der Waals surface area (Å²) in [6.45, 7) is 5.52. The first kappa shape index (κ1) is 20.8. The second-order valence-electron chi connectivity index (χ2n) is 5.74. The number of guanidine groups is 1. The van der Waals surface area contributed by atoms with Crippen LogP contribution in [0.2, 0.25) is 0 Å². The number of nitrogens with one attached hydrogen (secondary N) is 2. The van der Waals surface area contributed by atoms with Crippen molar-refractivity contribution >= 4 is 27.6 Å². The predicted molar refractivity (Wildman–Crippen MR) is 105 cm³/mol. The van der Waals surface area contributed by atoms with Gasteiger partial charge in [0, 0.05) is 30.3 Å². The van der Waals surface area contributed by atoms with Gasteiger partial charge in [0.2, 0.25) is 0 Å². The maximum atomic E-state index is 11.2. The molecule has 0 aliphatic carbocycles. The molecule has 1 rings (SSSR count). The van der Waals surface area contributed by atoms with Gasteiger partial charge in [0.25, 0.3) is 0 Å². The van der Waals surface area contributed by atoms with E-state index in [-0.39, 0.29) is 11.8 Å². The number of hydrogen-bond donors (Lipinski definition) is 2. The Morgan fingerprint density at radius 1 is 1.29 bits per heavy atom. The van der Waals surface area contributed by atoms with E-state index >= 15 is 0 Å². The highest BCUT2D eigenvalue weighted by molar-refractivity contribution is 7.99. The maximum absolute atomic E-state index is 11.2. The van der Waals surface area contributed by atoms with Crippen LogP contribution in [0.25, 0.3) is 0 Å². The molecular formula is C17H29N3O2S2. The van der Waals surface area contributed by atoms with Gasteiger partial charge in [-0.2, -0.15) is 0 Å². The summed E-state index contributed by atoms with van der Waals surface area (Å²) in [5.41, 5.74) is 0. The van der Waals surface area contributed by atoms with E-state index < -0.39 is 9.84 Å². The minimum Gasteiger partial charge on any atom is -0.357 e. The summed E-state index contributed by atoms with van der Waals surface area (Å²) < 4.78 is 22.5. The third kappa shape index (κ3) is 10.5. The van der Waals surface area contributed by atoms with Crippen LogP contribution in [0.4, 0.5) is 0 Å². The Morgan fingerprint density at radius 3 is 2.62 bits per heavy atom. The van der Waals surface area contributed by atoms with E-state index in [9.17, 15) is 8.42 Å². The van der Waals surface area contributed by atoms with Gasteiger partial charge in [-0.05, 0) is 44.6 Å². The normalized spacial score (nSPS) is 13.5. The summed E-state index contributed by atoms with van der Waals surface area (Å²) in [5, 5.41) is 6.47. The van der Waals surface area contributed by atoms with E-state index in [2.05, 4.69) is 27.8 Å².